The first-order valence-corrected chi connectivity index (χ1v) is 11.0. The van der Waals surface area contributed by atoms with Crippen molar-refractivity contribution in [2.75, 3.05) is 6.79 Å². The summed E-state index contributed by atoms with van der Waals surface area (Å²) in [5, 5.41) is -0.203. The number of carbonyl (C=O) groups is 2. The first kappa shape index (κ1) is 22.4. The SMILES string of the molecule is O=C1S/C(=C\c2ccc(-c3ccccc3C(F)(F)F)o2)C(=O)N1Cc1cc2c(cc1Cl)OCO2. The van der Waals surface area contributed by atoms with Crippen LogP contribution in [0.3, 0.4) is 0 Å². The van der Waals surface area contributed by atoms with Gasteiger partial charge in [0.05, 0.1) is 17.0 Å². The van der Waals surface area contributed by atoms with Gasteiger partial charge in [0.25, 0.3) is 11.1 Å². The Morgan fingerprint density at radius 3 is 2.56 bits per heavy atom. The highest BCUT2D eigenvalue weighted by atomic mass is 35.5. The van der Waals surface area contributed by atoms with E-state index in [1.165, 1.54) is 36.4 Å². The molecule has 0 unspecified atom stereocenters. The third-order valence-electron chi connectivity index (χ3n) is 5.14. The molecule has 1 aromatic heterocycles. The van der Waals surface area contributed by atoms with Crippen molar-refractivity contribution in [1.29, 1.82) is 0 Å². The fourth-order valence-electron chi connectivity index (χ4n) is 3.54. The van der Waals surface area contributed by atoms with Gasteiger partial charge in [-0.2, -0.15) is 13.2 Å². The second-order valence-electron chi connectivity index (χ2n) is 7.31. The summed E-state index contributed by atoms with van der Waals surface area (Å²) in [4.78, 5) is 26.4. The lowest BCUT2D eigenvalue weighted by atomic mass is 10.1. The predicted octanol–water partition coefficient (Wildman–Crippen LogP) is 6.58. The summed E-state index contributed by atoms with van der Waals surface area (Å²) in [7, 11) is 0. The third-order valence-corrected chi connectivity index (χ3v) is 6.40. The lowest BCUT2D eigenvalue weighted by molar-refractivity contribution is -0.137. The molecule has 0 atom stereocenters. The normalized spacial score (nSPS) is 16.7. The average molecular weight is 508 g/mol. The van der Waals surface area contributed by atoms with Crippen molar-refractivity contribution < 1.29 is 36.7 Å². The Hall–Kier alpha value is -3.37. The first-order valence-electron chi connectivity index (χ1n) is 9.80. The van der Waals surface area contributed by atoms with E-state index in [9.17, 15) is 22.8 Å². The van der Waals surface area contributed by atoms with E-state index >= 15 is 0 Å². The van der Waals surface area contributed by atoms with Gasteiger partial charge in [-0.15, -0.1) is 0 Å². The molecule has 0 radical (unpaired) electrons. The maximum atomic E-state index is 13.3. The van der Waals surface area contributed by atoms with Gasteiger partial charge >= 0.3 is 6.18 Å². The quantitative estimate of drug-likeness (QED) is 0.371. The molecule has 0 bridgehead atoms. The standard InChI is InChI=1S/C23H13ClF3NO5S/c24-16-9-19-18(31-11-32-19)7-12(16)10-28-21(29)20(34-22(28)30)8-13-5-6-17(33-13)14-3-1-2-4-15(14)23(25,26)27/h1-9H,10-11H2/b20-8-. The molecule has 0 saturated carbocycles. The van der Waals surface area contributed by atoms with E-state index in [1.807, 2.05) is 0 Å². The average Bonchev–Trinajstić information content (AvgIpc) is 3.50. The van der Waals surface area contributed by atoms with Crippen molar-refractivity contribution in [2.45, 2.75) is 12.7 Å². The second-order valence-corrected chi connectivity index (χ2v) is 8.71. The fourth-order valence-corrected chi connectivity index (χ4v) is 4.57. The minimum Gasteiger partial charge on any atom is -0.457 e. The molecule has 3 aromatic rings. The number of furan rings is 1. The molecule has 2 aliphatic heterocycles. The first-order chi connectivity index (χ1) is 16.2. The van der Waals surface area contributed by atoms with Gasteiger partial charge in [-0.3, -0.25) is 14.5 Å². The van der Waals surface area contributed by atoms with Crippen molar-refractivity contribution in [3.05, 3.63) is 75.3 Å². The number of fused-ring (bicyclic) bond motifs is 1. The van der Waals surface area contributed by atoms with Crippen LogP contribution in [0.2, 0.25) is 5.02 Å². The number of ether oxygens (including phenoxy) is 2. The molecule has 0 spiro atoms. The Balaban J connectivity index is 1.38. The van der Waals surface area contributed by atoms with E-state index in [4.69, 9.17) is 25.5 Å². The van der Waals surface area contributed by atoms with Crippen LogP contribution in [0.1, 0.15) is 16.9 Å². The largest absolute Gasteiger partial charge is 0.457 e. The molecule has 6 nitrogen and oxygen atoms in total. The number of carbonyl (C=O) groups excluding carboxylic acids is 2. The van der Waals surface area contributed by atoms with E-state index in [2.05, 4.69) is 0 Å². The van der Waals surface area contributed by atoms with Gasteiger partial charge in [0.15, 0.2) is 11.5 Å². The highest BCUT2D eigenvalue weighted by Crippen LogP contribution is 2.40. The molecule has 2 aromatic carbocycles. The fraction of sp³-hybridized carbons (Fsp3) is 0.130. The molecular weight excluding hydrogens is 495 g/mol. The van der Waals surface area contributed by atoms with Crippen LogP contribution in [0, 0.1) is 0 Å². The number of rotatable bonds is 4. The summed E-state index contributed by atoms with van der Waals surface area (Å²) in [5.41, 5.74) is -0.462. The summed E-state index contributed by atoms with van der Waals surface area (Å²) < 4.78 is 56.1. The van der Waals surface area contributed by atoms with E-state index in [1.54, 1.807) is 12.1 Å². The molecule has 2 aliphatic rings. The zero-order valence-electron chi connectivity index (χ0n) is 17.0. The predicted molar refractivity (Wildman–Crippen MR) is 118 cm³/mol. The minimum absolute atomic E-state index is 0.00875. The third kappa shape index (κ3) is 4.14. The Labute approximate surface area is 199 Å². The maximum absolute atomic E-state index is 13.3. The highest BCUT2D eigenvalue weighted by molar-refractivity contribution is 8.18. The number of amides is 2. The van der Waals surface area contributed by atoms with Crippen molar-refractivity contribution in [2.24, 2.45) is 0 Å². The second kappa shape index (κ2) is 8.44. The van der Waals surface area contributed by atoms with E-state index < -0.39 is 22.9 Å². The van der Waals surface area contributed by atoms with Crippen LogP contribution in [0.15, 0.2) is 57.9 Å². The van der Waals surface area contributed by atoms with Crippen molar-refractivity contribution in [3.63, 3.8) is 0 Å². The van der Waals surface area contributed by atoms with E-state index in [-0.39, 0.29) is 35.3 Å². The number of nitrogens with zero attached hydrogens (tertiary/aromatic N) is 1. The molecule has 5 rings (SSSR count). The van der Waals surface area contributed by atoms with Gasteiger partial charge < -0.3 is 13.9 Å². The molecule has 0 N–H and O–H groups in total. The topological polar surface area (TPSA) is 69.0 Å². The van der Waals surface area contributed by atoms with Gasteiger partial charge in [0, 0.05) is 22.7 Å². The molecule has 1 saturated heterocycles. The lowest BCUT2D eigenvalue weighted by Crippen LogP contribution is -2.27. The lowest BCUT2D eigenvalue weighted by Gasteiger charge is -2.14. The van der Waals surface area contributed by atoms with Crippen LogP contribution in [0.25, 0.3) is 17.4 Å². The van der Waals surface area contributed by atoms with Crippen molar-refractivity contribution >= 4 is 40.6 Å². The molecule has 174 valence electrons. The van der Waals surface area contributed by atoms with Gasteiger partial charge in [-0.25, -0.2) is 0 Å². The zero-order valence-corrected chi connectivity index (χ0v) is 18.6. The molecule has 34 heavy (non-hydrogen) atoms. The van der Waals surface area contributed by atoms with Crippen molar-refractivity contribution in [3.8, 4) is 22.8 Å². The summed E-state index contributed by atoms with van der Waals surface area (Å²) in [6, 6.07) is 11.0. The van der Waals surface area contributed by atoms with Gasteiger partial charge in [-0.1, -0.05) is 29.8 Å². The van der Waals surface area contributed by atoms with Crippen LogP contribution in [-0.2, 0) is 17.5 Å². The summed E-state index contributed by atoms with van der Waals surface area (Å²) >= 11 is 6.95. The van der Waals surface area contributed by atoms with Crippen LogP contribution >= 0.6 is 23.4 Å². The number of imide groups is 1. The Bertz CT molecular complexity index is 1350. The smallest absolute Gasteiger partial charge is 0.417 e. The van der Waals surface area contributed by atoms with Crippen LogP contribution in [0.4, 0.5) is 18.0 Å². The molecule has 1 fully saturated rings. The minimum atomic E-state index is -4.55. The van der Waals surface area contributed by atoms with Crippen molar-refractivity contribution in [1.82, 2.24) is 4.90 Å². The van der Waals surface area contributed by atoms with Gasteiger partial charge in [-0.05, 0) is 41.6 Å². The number of benzene rings is 2. The summed E-state index contributed by atoms with van der Waals surface area (Å²) in [5.74, 6) is 0.495. The van der Waals surface area contributed by atoms with Crippen LogP contribution in [0.5, 0.6) is 11.5 Å². The summed E-state index contributed by atoms with van der Waals surface area (Å²) in [6.07, 6.45) is -3.23. The molecule has 0 aliphatic carbocycles. The number of halogens is 4. The Morgan fingerprint density at radius 1 is 1.06 bits per heavy atom. The summed E-state index contributed by atoms with van der Waals surface area (Å²) in [6.45, 7) is -0.0299. The van der Waals surface area contributed by atoms with Gasteiger partial charge in [0.2, 0.25) is 6.79 Å². The van der Waals surface area contributed by atoms with E-state index in [0.29, 0.717) is 33.8 Å². The highest BCUT2D eigenvalue weighted by Gasteiger charge is 2.37. The molecule has 3 heterocycles. The molecule has 11 heteroatoms. The Kier molecular flexibility index (Phi) is 5.57. The molecular formula is C23H13ClF3NO5S. The number of hydrogen-bond acceptors (Lipinski definition) is 6. The maximum Gasteiger partial charge on any atom is 0.417 e. The number of hydrogen-bond donors (Lipinski definition) is 0. The Morgan fingerprint density at radius 2 is 1.79 bits per heavy atom. The van der Waals surface area contributed by atoms with Crippen LogP contribution < -0.4 is 9.47 Å². The number of thioether (sulfide) groups is 1. The number of alkyl halides is 3. The zero-order chi connectivity index (χ0) is 24.0. The van der Waals surface area contributed by atoms with Gasteiger partial charge in [0.1, 0.15) is 11.5 Å². The van der Waals surface area contributed by atoms with E-state index in [0.717, 1.165) is 11.0 Å². The van der Waals surface area contributed by atoms with Crippen LogP contribution in [-0.4, -0.2) is 22.8 Å². The molecule has 2 amide bonds. The monoisotopic (exact) mass is 507 g/mol.